The van der Waals surface area contributed by atoms with Crippen LogP contribution in [0.2, 0.25) is 0 Å². The van der Waals surface area contributed by atoms with Crippen molar-refractivity contribution in [2.75, 3.05) is 19.9 Å². The van der Waals surface area contributed by atoms with Gasteiger partial charge in [-0.15, -0.1) is 0 Å². The minimum atomic E-state index is -1.35. The van der Waals surface area contributed by atoms with E-state index in [0.717, 1.165) is 16.9 Å². The number of hydrogen-bond acceptors (Lipinski definition) is 8. The molecule has 2 rings (SSSR count). The van der Waals surface area contributed by atoms with Gasteiger partial charge in [0.1, 0.15) is 5.84 Å². The Morgan fingerprint density at radius 2 is 1.85 bits per heavy atom. The highest BCUT2D eigenvalue weighted by atomic mass is 16.7. The smallest absolute Gasteiger partial charge is 0.419 e. The van der Waals surface area contributed by atoms with Gasteiger partial charge in [-0.2, -0.15) is 0 Å². The van der Waals surface area contributed by atoms with E-state index in [1.54, 1.807) is 32.0 Å². The third-order valence-corrected chi connectivity index (χ3v) is 5.40. The highest BCUT2D eigenvalue weighted by molar-refractivity contribution is 6.07. The lowest BCUT2D eigenvalue weighted by atomic mass is 10.1. The van der Waals surface area contributed by atoms with Crippen molar-refractivity contribution < 1.29 is 38.6 Å². The van der Waals surface area contributed by atoms with Gasteiger partial charge < -0.3 is 30.6 Å². The number of benzene rings is 1. The minimum Gasteiger partial charge on any atom is -0.478 e. The number of carboxylic acid groups (broad SMARTS) is 1. The van der Waals surface area contributed by atoms with E-state index in [-0.39, 0.29) is 23.9 Å². The Labute approximate surface area is 224 Å². The lowest BCUT2D eigenvalue weighted by Gasteiger charge is -2.18. The molecule has 13 nitrogen and oxygen atoms in total. The second kappa shape index (κ2) is 14.1. The minimum absolute atomic E-state index is 0.0554. The number of aromatic nitrogens is 1. The van der Waals surface area contributed by atoms with Gasteiger partial charge in [0.05, 0.1) is 16.9 Å². The van der Waals surface area contributed by atoms with Crippen molar-refractivity contribution in [1.29, 1.82) is 0 Å². The Morgan fingerprint density at radius 1 is 1.13 bits per heavy atom. The highest BCUT2D eigenvalue weighted by Gasteiger charge is 2.26. The number of H-pyrrole nitrogens is 1. The number of ether oxygens (including phenoxy) is 2. The van der Waals surface area contributed by atoms with Gasteiger partial charge in [-0.3, -0.25) is 9.59 Å². The molecule has 1 aromatic carbocycles. The normalized spacial score (nSPS) is 11.2. The maximum Gasteiger partial charge on any atom is 0.419 e. The largest absolute Gasteiger partial charge is 0.478 e. The Morgan fingerprint density at radius 3 is 2.49 bits per heavy atom. The molecule has 1 heterocycles. The van der Waals surface area contributed by atoms with E-state index in [4.69, 9.17) is 15.6 Å². The molecule has 0 atom stereocenters. The van der Waals surface area contributed by atoms with Crippen LogP contribution in [-0.2, 0) is 19.1 Å². The van der Waals surface area contributed by atoms with Crippen molar-refractivity contribution in [2.24, 2.45) is 10.7 Å². The molecule has 0 unspecified atom stereocenters. The van der Waals surface area contributed by atoms with Crippen LogP contribution >= 0.6 is 0 Å². The number of carbonyl (C=O) groups is 5. The van der Waals surface area contributed by atoms with Gasteiger partial charge in [0.2, 0.25) is 6.79 Å². The topological polar surface area (TPSA) is 193 Å². The van der Waals surface area contributed by atoms with Crippen LogP contribution in [0.15, 0.2) is 41.5 Å². The molecule has 0 aliphatic carbocycles. The second-order valence-electron chi connectivity index (χ2n) is 8.17. The average Bonchev–Trinajstić information content (AvgIpc) is 3.28. The Hall–Kier alpha value is -4.94. The number of esters is 1. The number of aliphatic carboxylic acids is 1. The van der Waals surface area contributed by atoms with Crippen molar-refractivity contribution in [3.8, 4) is 0 Å². The number of amides is 3. The van der Waals surface area contributed by atoms with Crippen LogP contribution in [-0.4, -0.2) is 70.6 Å². The number of rotatable bonds is 11. The summed E-state index contributed by atoms with van der Waals surface area (Å²) in [5, 5.41) is 11.3. The number of nitrogens with zero attached hydrogens (tertiary/aromatic N) is 2. The van der Waals surface area contributed by atoms with E-state index in [1.807, 2.05) is 13.8 Å². The van der Waals surface area contributed by atoms with Gasteiger partial charge in [-0.1, -0.05) is 13.0 Å². The number of hydrogen-bond donors (Lipinski definition) is 4. The maximum absolute atomic E-state index is 13.1. The first-order valence-electron chi connectivity index (χ1n) is 12.0. The summed E-state index contributed by atoms with van der Waals surface area (Å²) in [4.78, 5) is 67.7. The third-order valence-electron chi connectivity index (χ3n) is 5.40. The van der Waals surface area contributed by atoms with E-state index in [2.05, 4.69) is 20.0 Å². The number of nitrogens with two attached hydrogens (primary N) is 1. The van der Waals surface area contributed by atoms with E-state index in [9.17, 15) is 24.0 Å². The first-order chi connectivity index (χ1) is 18.5. The molecular formula is C26H31N5O8. The van der Waals surface area contributed by atoms with Gasteiger partial charge in [0, 0.05) is 37.0 Å². The molecule has 13 heteroatoms. The molecular weight excluding hydrogens is 510 g/mol. The molecule has 2 aromatic rings. The number of aromatic amines is 1. The van der Waals surface area contributed by atoms with E-state index < -0.39 is 30.7 Å². The summed E-state index contributed by atoms with van der Waals surface area (Å²) in [6.45, 7) is 6.61. The van der Waals surface area contributed by atoms with Crippen LogP contribution in [0.5, 0.6) is 0 Å². The monoisotopic (exact) mass is 541 g/mol. The number of nitrogens with one attached hydrogen (secondary N) is 2. The van der Waals surface area contributed by atoms with Gasteiger partial charge in [-0.25, -0.2) is 24.3 Å². The van der Waals surface area contributed by atoms with Crippen molar-refractivity contribution in [1.82, 2.24) is 15.2 Å². The zero-order valence-electron chi connectivity index (χ0n) is 22.1. The fourth-order valence-corrected chi connectivity index (χ4v) is 3.29. The number of aliphatic imine (C=N–C) groups is 1. The lowest BCUT2D eigenvalue weighted by molar-refractivity contribution is -0.146. The average molecular weight is 542 g/mol. The second-order valence-corrected chi connectivity index (χ2v) is 8.17. The predicted octanol–water partition coefficient (Wildman–Crippen LogP) is 2.55. The molecule has 39 heavy (non-hydrogen) atoms. The first-order valence-corrected chi connectivity index (χ1v) is 12.0. The molecule has 0 fully saturated rings. The maximum atomic E-state index is 13.1. The summed E-state index contributed by atoms with van der Waals surface area (Å²) < 4.78 is 9.38. The number of amidine groups is 1. The first kappa shape index (κ1) is 30.3. The highest BCUT2D eigenvalue weighted by Crippen LogP contribution is 2.23. The molecule has 0 aliphatic heterocycles. The van der Waals surface area contributed by atoms with Crippen LogP contribution in [0.4, 0.5) is 10.5 Å². The Kier molecular flexibility index (Phi) is 11.0. The fraction of sp³-hybridized carbons (Fsp3) is 0.308. The summed E-state index contributed by atoms with van der Waals surface area (Å²) in [6.07, 6.45) is 2.32. The standard InChI is InChI=1S/C26H31N5O8/c1-5-11-28-24(35)17-8-7-15(3)19(12-17)30-23(27)22-16(4)18(13-29-22)25(36)31(6-2)26(37)39-14-38-21(34)10-9-20(32)33/h7-10,12-13,29H,5-6,11,14H2,1-4H3,(H2,27,30)(H,28,35)(H,32,33)/b10-9+. The third kappa shape index (κ3) is 8.28. The molecule has 1 aromatic heterocycles. The zero-order valence-corrected chi connectivity index (χ0v) is 22.1. The molecule has 208 valence electrons. The Balaban J connectivity index is 2.18. The van der Waals surface area contributed by atoms with Crippen LogP contribution in [0.1, 0.15) is 57.8 Å². The van der Waals surface area contributed by atoms with Crippen molar-refractivity contribution in [3.63, 3.8) is 0 Å². The van der Waals surface area contributed by atoms with Crippen molar-refractivity contribution >= 4 is 41.4 Å². The number of aryl methyl sites for hydroxylation is 1. The van der Waals surface area contributed by atoms with E-state index >= 15 is 0 Å². The van der Waals surface area contributed by atoms with E-state index in [0.29, 0.717) is 41.2 Å². The lowest BCUT2D eigenvalue weighted by Crippen LogP contribution is -2.37. The van der Waals surface area contributed by atoms with Gasteiger partial charge in [-0.05, 0) is 50.5 Å². The molecule has 0 radical (unpaired) electrons. The van der Waals surface area contributed by atoms with Crippen LogP contribution in [0, 0.1) is 13.8 Å². The summed E-state index contributed by atoms with van der Waals surface area (Å²) in [5.41, 5.74) is 8.83. The molecule has 3 amide bonds. The molecule has 0 saturated carbocycles. The van der Waals surface area contributed by atoms with Gasteiger partial charge in [0.15, 0.2) is 0 Å². The number of imide groups is 1. The quantitative estimate of drug-likeness (QED) is 0.109. The summed E-state index contributed by atoms with van der Waals surface area (Å²) in [5.74, 6) is -3.25. The predicted molar refractivity (Wildman–Crippen MR) is 141 cm³/mol. The molecule has 0 saturated heterocycles. The summed E-state index contributed by atoms with van der Waals surface area (Å²) in [7, 11) is 0. The molecule has 5 N–H and O–H groups in total. The van der Waals surface area contributed by atoms with Crippen molar-refractivity contribution in [2.45, 2.75) is 34.1 Å². The van der Waals surface area contributed by atoms with Gasteiger partial charge >= 0.3 is 18.0 Å². The number of carbonyl (C=O) groups excluding carboxylic acids is 4. The molecule has 0 aliphatic rings. The fourth-order valence-electron chi connectivity index (χ4n) is 3.29. The van der Waals surface area contributed by atoms with Crippen molar-refractivity contribution in [3.05, 3.63) is 64.5 Å². The Bertz CT molecular complexity index is 1310. The molecule has 0 bridgehead atoms. The van der Waals surface area contributed by atoms with E-state index in [1.165, 1.54) is 6.20 Å². The van der Waals surface area contributed by atoms with Gasteiger partial charge in [0.25, 0.3) is 11.8 Å². The van der Waals surface area contributed by atoms with Crippen LogP contribution in [0.25, 0.3) is 0 Å². The summed E-state index contributed by atoms with van der Waals surface area (Å²) in [6, 6.07) is 5.07. The van der Waals surface area contributed by atoms with Crippen LogP contribution < -0.4 is 11.1 Å². The zero-order chi connectivity index (χ0) is 29.1. The number of carboxylic acids is 1. The van der Waals surface area contributed by atoms with Crippen LogP contribution in [0.3, 0.4) is 0 Å². The summed E-state index contributed by atoms with van der Waals surface area (Å²) >= 11 is 0. The SMILES string of the molecule is CCCNC(=O)c1ccc(C)c(N=C(N)c2[nH]cc(C(=O)N(CC)C(=O)OCOC(=O)/C=C/C(=O)O)c2C)c1. The molecule has 0 spiro atoms.